The molecule has 0 aliphatic rings. The number of rotatable bonds is 13. The summed E-state index contributed by atoms with van der Waals surface area (Å²) in [4.78, 5) is 31.0. The zero-order chi connectivity index (χ0) is 33.9. The molecule has 5 aromatic rings. The first-order chi connectivity index (χ1) is 23.2. The highest BCUT2D eigenvalue weighted by Crippen LogP contribution is 2.25. The molecule has 0 unspecified atom stereocenters. The van der Waals surface area contributed by atoms with Crippen LogP contribution in [0, 0.1) is 0 Å². The van der Waals surface area contributed by atoms with Crippen molar-refractivity contribution in [3.8, 4) is 17.2 Å². The van der Waals surface area contributed by atoms with Crippen LogP contribution in [0.5, 0.6) is 17.2 Å². The Morgan fingerprint density at radius 2 is 1.33 bits per heavy atom. The monoisotopic (exact) mass is 681 g/mol. The lowest BCUT2D eigenvalue weighted by molar-refractivity contribution is -0.123. The van der Waals surface area contributed by atoms with Crippen LogP contribution in [0.2, 0.25) is 10.0 Å². The molecule has 6 N–H and O–H groups in total. The van der Waals surface area contributed by atoms with Gasteiger partial charge in [0, 0.05) is 12.1 Å². The first-order valence-electron chi connectivity index (χ1n) is 14.9. The molecule has 5 aromatic carbocycles. The van der Waals surface area contributed by atoms with Crippen molar-refractivity contribution in [3.05, 3.63) is 159 Å². The van der Waals surface area contributed by atoms with E-state index in [1.54, 1.807) is 60.7 Å². The van der Waals surface area contributed by atoms with Crippen LogP contribution in [-0.4, -0.2) is 17.8 Å². The molecule has 48 heavy (non-hydrogen) atoms. The largest absolute Gasteiger partial charge is 0.489 e. The number of hydrogen-bond acceptors (Lipinski definition) is 5. The summed E-state index contributed by atoms with van der Waals surface area (Å²) in [7, 11) is 0. The van der Waals surface area contributed by atoms with Gasteiger partial charge < -0.3 is 31.6 Å². The number of nitrogens with one attached hydrogen (secondary N) is 2. The molecule has 0 aliphatic heterocycles. The van der Waals surface area contributed by atoms with Gasteiger partial charge in [0.25, 0.3) is 5.91 Å². The van der Waals surface area contributed by atoms with Gasteiger partial charge in [0.05, 0.1) is 16.6 Å². The number of halogens is 2. The summed E-state index contributed by atoms with van der Waals surface area (Å²) >= 11 is 12.1. The number of carbonyl (C=O) groups excluding carboxylic acids is 2. The van der Waals surface area contributed by atoms with Crippen LogP contribution in [-0.2, 0) is 24.5 Å². The SMILES string of the molecule is NC(N)=NCc1ccc(CNC(=O)[C@H](NC(=O)c2ccc(Oc3ccccc3)cc2)c2ccc(OCc3ccc(Cl)c(Cl)c3)cc2)cc1. The van der Waals surface area contributed by atoms with Gasteiger partial charge in [-0.15, -0.1) is 0 Å². The minimum atomic E-state index is -0.997. The van der Waals surface area contributed by atoms with E-state index < -0.39 is 11.9 Å². The van der Waals surface area contributed by atoms with E-state index in [4.69, 9.17) is 44.1 Å². The van der Waals surface area contributed by atoms with Crippen molar-refractivity contribution in [1.29, 1.82) is 0 Å². The van der Waals surface area contributed by atoms with E-state index in [9.17, 15) is 9.59 Å². The molecular formula is C37H33Cl2N5O4. The van der Waals surface area contributed by atoms with Gasteiger partial charge in [-0.3, -0.25) is 9.59 Å². The summed E-state index contributed by atoms with van der Waals surface area (Å²) in [5.41, 5.74) is 14.4. The molecule has 2 amide bonds. The van der Waals surface area contributed by atoms with Gasteiger partial charge in [-0.1, -0.05) is 83.9 Å². The Bertz CT molecular complexity index is 1860. The van der Waals surface area contributed by atoms with Crippen LogP contribution in [0.3, 0.4) is 0 Å². The fourth-order valence-electron chi connectivity index (χ4n) is 4.60. The van der Waals surface area contributed by atoms with Gasteiger partial charge in [-0.05, 0) is 82.9 Å². The molecule has 0 saturated heterocycles. The molecule has 244 valence electrons. The molecule has 0 aliphatic carbocycles. The Hall–Kier alpha value is -5.51. The molecule has 0 heterocycles. The number of carbonyl (C=O) groups is 2. The highest BCUT2D eigenvalue weighted by molar-refractivity contribution is 6.42. The van der Waals surface area contributed by atoms with Crippen molar-refractivity contribution in [3.63, 3.8) is 0 Å². The minimum absolute atomic E-state index is 0.0157. The second kappa shape index (κ2) is 16.4. The van der Waals surface area contributed by atoms with E-state index in [2.05, 4.69) is 15.6 Å². The average molecular weight is 683 g/mol. The molecule has 0 fully saturated rings. The second-order valence-corrected chi connectivity index (χ2v) is 11.5. The van der Waals surface area contributed by atoms with Gasteiger partial charge in [-0.2, -0.15) is 0 Å². The van der Waals surface area contributed by atoms with Crippen LogP contribution >= 0.6 is 23.2 Å². The molecule has 11 heteroatoms. The van der Waals surface area contributed by atoms with E-state index in [1.807, 2.05) is 60.7 Å². The zero-order valence-electron chi connectivity index (χ0n) is 25.7. The number of guanidine groups is 1. The molecular weight excluding hydrogens is 649 g/mol. The fourth-order valence-corrected chi connectivity index (χ4v) is 4.92. The van der Waals surface area contributed by atoms with E-state index in [0.29, 0.717) is 45.0 Å². The topological polar surface area (TPSA) is 141 Å². The standard InChI is InChI=1S/C37H33Cl2N5O4/c38-32-19-10-26(20-33(32)39)23-47-29-15-11-27(12-16-29)34(36(46)42-21-24-6-8-25(9-7-24)22-43-37(40)41)44-35(45)28-13-17-31(18-14-28)48-30-4-2-1-3-5-30/h1-20,34H,21-23H2,(H,42,46)(H,44,45)(H4,40,41,43)/t34-/m1/s1. The normalized spacial score (nSPS) is 11.2. The maximum atomic E-state index is 13.6. The number of para-hydroxylation sites is 1. The van der Waals surface area contributed by atoms with E-state index >= 15 is 0 Å². The van der Waals surface area contributed by atoms with Crippen LogP contribution in [0.25, 0.3) is 0 Å². The number of amides is 2. The van der Waals surface area contributed by atoms with E-state index in [1.165, 1.54) is 0 Å². The minimum Gasteiger partial charge on any atom is -0.489 e. The summed E-state index contributed by atoms with van der Waals surface area (Å²) in [5.74, 6) is 1.03. The second-order valence-electron chi connectivity index (χ2n) is 10.7. The molecule has 0 bridgehead atoms. The summed E-state index contributed by atoms with van der Waals surface area (Å²) in [6.07, 6.45) is 0. The first-order valence-corrected chi connectivity index (χ1v) is 15.7. The summed E-state index contributed by atoms with van der Waals surface area (Å²) in [6, 6.07) is 34.8. The third-order valence-corrected chi connectivity index (χ3v) is 7.91. The highest BCUT2D eigenvalue weighted by atomic mass is 35.5. The Morgan fingerprint density at radius 3 is 2.00 bits per heavy atom. The quantitative estimate of drug-likeness (QED) is 0.0785. The lowest BCUT2D eigenvalue weighted by Crippen LogP contribution is -2.40. The Morgan fingerprint density at radius 1 is 0.708 bits per heavy atom. The molecule has 0 saturated carbocycles. The maximum absolute atomic E-state index is 13.6. The lowest BCUT2D eigenvalue weighted by Gasteiger charge is -2.20. The Balaban J connectivity index is 1.28. The van der Waals surface area contributed by atoms with Gasteiger partial charge in [0.2, 0.25) is 5.91 Å². The third kappa shape index (κ3) is 9.75. The third-order valence-electron chi connectivity index (χ3n) is 7.17. The van der Waals surface area contributed by atoms with Crippen molar-refractivity contribution in [1.82, 2.24) is 10.6 Å². The van der Waals surface area contributed by atoms with Crippen LogP contribution in [0.4, 0.5) is 0 Å². The van der Waals surface area contributed by atoms with E-state index in [-0.39, 0.29) is 25.0 Å². The number of hydrogen-bond donors (Lipinski definition) is 4. The molecule has 5 rings (SSSR count). The zero-order valence-corrected chi connectivity index (χ0v) is 27.2. The van der Waals surface area contributed by atoms with Crippen molar-refractivity contribution >= 4 is 41.0 Å². The summed E-state index contributed by atoms with van der Waals surface area (Å²) in [6.45, 7) is 0.866. The highest BCUT2D eigenvalue weighted by Gasteiger charge is 2.24. The molecule has 0 spiro atoms. The predicted octanol–water partition coefficient (Wildman–Crippen LogP) is 6.93. The number of benzene rings is 5. The number of aliphatic imine (C=N–C) groups is 1. The maximum Gasteiger partial charge on any atom is 0.252 e. The molecule has 9 nitrogen and oxygen atoms in total. The summed E-state index contributed by atoms with van der Waals surface area (Å²) < 4.78 is 11.7. The number of ether oxygens (including phenoxy) is 2. The van der Waals surface area contributed by atoms with Crippen LogP contribution in [0.1, 0.15) is 38.7 Å². The summed E-state index contributed by atoms with van der Waals surface area (Å²) in [5, 5.41) is 6.73. The number of nitrogens with zero attached hydrogens (tertiary/aromatic N) is 1. The van der Waals surface area contributed by atoms with Crippen LogP contribution in [0.15, 0.2) is 126 Å². The molecule has 0 radical (unpaired) electrons. The fraction of sp³-hybridized carbons (Fsp3) is 0.108. The van der Waals surface area contributed by atoms with Gasteiger partial charge >= 0.3 is 0 Å². The Labute approximate surface area is 288 Å². The van der Waals surface area contributed by atoms with Gasteiger partial charge in [0.15, 0.2) is 5.96 Å². The van der Waals surface area contributed by atoms with Crippen molar-refractivity contribution in [2.75, 3.05) is 0 Å². The van der Waals surface area contributed by atoms with Crippen LogP contribution < -0.4 is 31.6 Å². The van der Waals surface area contributed by atoms with Crippen molar-refractivity contribution in [2.45, 2.75) is 25.7 Å². The predicted molar refractivity (Wildman–Crippen MR) is 188 cm³/mol. The average Bonchev–Trinajstić information content (AvgIpc) is 3.10. The van der Waals surface area contributed by atoms with Crippen molar-refractivity contribution < 1.29 is 19.1 Å². The van der Waals surface area contributed by atoms with Gasteiger partial charge in [-0.25, -0.2) is 4.99 Å². The van der Waals surface area contributed by atoms with Gasteiger partial charge in [0.1, 0.15) is 29.9 Å². The molecule has 0 aromatic heterocycles. The van der Waals surface area contributed by atoms with Crippen molar-refractivity contribution in [2.24, 2.45) is 16.5 Å². The Kier molecular flexibility index (Phi) is 11.5. The molecule has 1 atom stereocenters. The smallest absolute Gasteiger partial charge is 0.252 e. The number of nitrogens with two attached hydrogens (primary N) is 2. The lowest BCUT2D eigenvalue weighted by atomic mass is 10.0. The van der Waals surface area contributed by atoms with E-state index in [0.717, 1.165) is 16.7 Å². The first kappa shape index (κ1) is 33.8.